The highest BCUT2D eigenvalue weighted by Crippen LogP contribution is 2.39. The molecule has 1 aromatic carbocycles. The van der Waals surface area contributed by atoms with E-state index in [1.165, 1.54) is 28.2 Å². The molecule has 2 fully saturated rings. The standard InChI is InChI=1S/C39H62N8O8Si/c1-37(2,3)54-36(53)40-27-22-29(24-30(23-27)55-56(10,11)38(4,5)6)44(9)25-26-12-14-28(15-13-26)47-17-16-31(42-34(47)50)41-33(49)46-20-18-45(19-21-46)32(48)39(7,8)43-35(51)52/h12-17,27,29-30,43H,18-25H2,1-11H3,(H,40,53)(H,51,52)(H,41,42,49,50). The first-order chi connectivity index (χ1) is 25.8. The number of hydrogen-bond donors (Lipinski definition) is 4. The summed E-state index contributed by atoms with van der Waals surface area (Å²) in [7, 11) is 0.0202. The van der Waals surface area contributed by atoms with Gasteiger partial charge in [-0.25, -0.2) is 19.2 Å². The molecule has 4 rings (SSSR count). The number of carboxylic acid groups (broad SMARTS) is 1. The summed E-state index contributed by atoms with van der Waals surface area (Å²) in [6.45, 7) is 21.3. The number of piperazine rings is 1. The third kappa shape index (κ3) is 12.0. The number of rotatable bonds is 10. The zero-order valence-corrected chi connectivity index (χ0v) is 35.9. The van der Waals surface area contributed by atoms with E-state index in [-0.39, 0.29) is 61.1 Å². The van der Waals surface area contributed by atoms with Crippen LogP contribution in [0, 0.1) is 0 Å². The molecule has 3 atom stereocenters. The van der Waals surface area contributed by atoms with Crippen LogP contribution in [0.25, 0.3) is 5.69 Å². The maximum absolute atomic E-state index is 13.1. The third-order valence-electron chi connectivity index (χ3n) is 10.7. The Balaban J connectivity index is 1.36. The Morgan fingerprint density at radius 1 is 0.911 bits per heavy atom. The summed E-state index contributed by atoms with van der Waals surface area (Å²) in [6, 6.07) is 8.80. The number of carbonyl (C=O) groups excluding carboxylic acids is 3. The van der Waals surface area contributed by atoms with Gasteiger partial charge in [0, 0.05) is 57.1 Å². The van der Waals surface area contributed by atoms with Gasteiger partial charge in [-0.15, -0.1) is 0 Å². The number of urea groups is 1. The molecule has 2 aromatic rings. The summed E-state index contributed by atoms with van der Waals surface area (Å²) in [5, 5.41) is 17.1. The lowest BCUT2D eigenvalue weighted by atomic mass is 9.88. The van der Waals surface area contributed by atoms with Gasteiger partial charge in [-0.1, -0.05) is 32.9 Å². The fraction of sp³-hybridized carbons (Fsp3) is 0.641. The number of aromatic nitrogens is 2. The molecule has 1 aliphatic carbocycles. The summed E-state index contributed by atoms with van der Waals surface area (Å²) in [6.07, 6.45) is 2.17. The van der Waals surface area contributed by atoms with E-state index in [4.69, 9.17) is 14.3 Å². The van der Waals surface area contributed by atoms with Gasteiger partial charge in [0.1, 0.15) is 17.0 Å². The summed E-state index contributed by atoms with van der Waals surface area (Å²) in [4.78, 5) is 72.1. The molecule has 310 valence electrons. The normalized spacial score (nSPS) is 19.7. The Hall–Kier alpha value is -4.48. The zero-order valence-electron chi connectivity index (χ0n) is 34.9. The number of carbonyl (C=O) groups is 4. The Labute approximate surface area is 331 Å². The topological polar surface area (TPSA) is 188 Å². The molecule has 0 radical (unpaired) electrons. The van der Waals surface area contributed by atoms with Gasteiger partial charge in [-0.2, -0.15) is 4.98 Å². The molecule has 1 aliphatic heterocycles. The highest BCUT2D eigenvalue weighted by atomic mass is 28.4. The van der Waals surface area contributed by atoms with Crippen molar-refractivity contribution in [2.45, 2.75) is 129 Å². The van der Waals surface area contributed by atoms with Crippen molar-refractivity contribution >= 4 is 38.3 Å². The van der Waals surface area contributed by atoms with Gasteiger partial charge in [-0.3, -0.25) is 19.6 Å². The van der Waals surface area contributed by atoms with Crippen molar-refractivity contribution in [3.63, 3.8) is 0 Å². The number of amides is 5. The average Bonchev–Trinajstić information content (AvgIpc) is 3.06. The smallest absolute Gasteiger partial charge is 0.407 e. The van der Waals surface area contributed by atoms with Crippen LogP contribution in [0.4, 0.5) is 20.2 Å². The molecule has 1 saturated heterocycles. The first-order valence-electron chi connectivity index (χ1n) is 19.3. The fourth-order valence-corrected chi connectivity index (χ4v) is 8.12. The van der Waals surface area contributed by atoms with Gasteiger partial charge >= 0.3 is 23.9 Å². The Morgan fingerprint density at radius 2 is 1.52 bits per heavy atom. The Bertz CT molecular complexity index is 1780. The molecule has 16 nitrogen and oxygen atoms in total. The monoisotopic (exact) mass is 798 g/mol. The van der Waals surface area contributed by atoms with Crippen molar-refractivity contribution in [1.29, 1.82) is 0 Å². The van der Waals surface area contributed by atoms with E-state index in [2.05, 4.69) is 66.7 Å². The van der Waals surface area contributed by atoms with Crippen molar-refractivity contribution in [2.75, 3.05) is 38.5 Å². The largest absolute Gasteiger partial charge is 0.465 e. The minimum Gasteiger partial charge on any atom is -0.465 e. The first kappa shape index (κ1) is 44.2. The van der Waals surface area contributed by atoms with Crippen LogP contribution in [0.3, 0.4) is 0 Å². The lowest BCUT2D eigenvalue weighted by Crippen LogP contribution is -2.60. The van der Waals surface area contributed by atoms with E-state index < -0.39 is 43.4 Å². The van der Waals surface area contributed by atoms with E-state index in [9.17, 15) is 24.0 Å². The molecule has 1 saturated carbocycles. The first-order valence-corrected chi connectivity index (χ1v) is 22.2. The van der Waals surface area contributed by atoms with Gasteiger partial charge in [0.05, 0.1) is 5.69 Å². The molecule has 2 aliphatic rings. The fourth-order valence-electron chi connectivity index (χ4n) is 6.75. The molecule has 56 heavy (non-hydrogen) atoms. The van der Waals surface area contributed by atoms with E-state index >= 15 is 0 Å². The van der Waals surface area contributed by atoms with Gasteiger partial charge in [0.15, 0.2) is 8.32 Å². The molecule has 0 spiro atoms. The van der Waals surface area contributed by atoms with Crippen molar-refractivity contribution in [1.82, 2.24) is 34.9 Å². The maximum Gasteiger partial charge on any atom is 0.407 e. The quantitative estimate of drug-likeness (QED) is 0.232. The molecular weight excluding hydrogens is 737 g/mol. The van der Waals surface area contributed by atoms with E-state index in [1.54, 1.807) is 12.3 Å². The number of hydrogen-bond acceptors (Lipinski definition) is 9. The third-order valence-corrected chi connectivity index (χ3v) is 15.3. The average molecular weight is 799 g/mol. The van der Waals surface area contributed by atoms with Crippen LogP contribution in [-0.2, 0) is 20.5 Å². The molecule has 2 heterocycles. The van der Waals surface area contributed by atoms with Crippen molar-refractivity contribution < 1.29 is 33.4 Å². The second-order valence-electron chi connectivity index (χ2n) is 18.0. The van der Waals surface area contributed by atoms with E-state index in [0.29, 0.717) is 12.2 Å². The SMILES string of the molecule is CN(Cc1ccc(-n2ccc(NC(=O)N3CCN(C(=O)C(C)(C)NC(=O)O)CC3)nc2=O)cc1)C1CC(NC(=O)OC(C)(C)C)CC(O[Si](C)(C)C(C)(C)C)C1. The van der Waals surface area contributed by atoms with Crippen LogP contribution in [0.15, 0.2) is 41.3 Å². The highest BCUT2D eigenvalue weighted by Gasteiger charge is 2.42. The summed E-state index contributed by atoms with van der Waals surface area (Å²) >= 11 is 0. The van der Waals surface area contributed by atoms with Crippen molar-refractivity contribution in [3.8, 4) is 5.69 Å². The number of nitrogens with zero attached hydrogens (tertiary/aromatic N) is 5. The molecule has 4 N–H and O–H groups in total. The zero-order chi connectivity index (χ0) is 41.8. The minimum atomic E-state index is -2.06. The molecule has 17 heteroatoms. The molecule has 5 amide bonds. The van der Waals surface area contributed by atoms with Crippen LogP contribution >= 0.6 is 0 Å². The van der Waals surface area contributed by atoms with Crippen LogP contribution in [0.1, 0.15) is 80.2 Å². The van der Waals surface area contributed by atoms with Gasteiger partial charge in [0.25, 0.3) is 0 Å². The second-order valence-corrected chi connectivity index (χ2v) is 22.8. The summed E-state index contributed by atoms with van der Waals surface area (Å²) < 4.78 is 13.9. The Kier molecular flexibility index (Phi) is 13.7. The summed E-state index contributed by atoms with van der Waals surface area (Å²) in [5.41, 5.74) is -0.782. The second kappa shape index (κ2) is 17.3. The predicted molar refractivity (Wildman–Crippen MR) is 217 cm³/mol. The lowest BCUT2D eigenvalue weighted by Gasteiger charge is -2.45. The number of alkyl carbamates (subject to hydrolysis) is 1. The van der Waals surface area contributed by atoms with Gasteiger partial charge < -0.3 is 34.7 Å². The number of nitrogens with one attached hydrogen (secondary N) is 3. The van der Waals surface area contributed by atoms with Crippen LogP contribution < -0.4 is 21.6 Å². The van der Waals surface area contributed by atoms with E-state index in [1.807, 2.05) is 45.0 Å². The molecule has 3 unspecified atom stereocenters. The Morgan fingerprint density at radius 3 is 2.07 bits per heavy atom. The van der Waals surface area contributed by atoms with E-state index in [0.717, 1.165) is 24.8 Å². The molecular formula is C39H62N8O8Si. The highest BCUT2D eigenvalue weighted by molar-refractivity contribution is 6.74. The molecule has 1 aromatic heterocycles. The van der Waals surface area contributed by atoms with Gasteiger partial charge in [-0.05, 0) is 103 Å². The summed E-state index contributed by atoms with van der Waals surface area (Å²) in [5.74, 6) is -0.277. The molecule has 0 bridgehead atoms. The number of benzene rings is 1. The van der Waals surface area contributed by atoms with Crippen LogP contribution in [0.2, 0.25) is 18.1 Å². The van der Waals surface area contributed by atoms with Crippen LogP contribution in [0.5, 0.6) is 0 Å². The maximum atomic E-state index is 13.1. The van der Waals surface area contributed by atoms with Gasteiger partial charge in [0.2, 0.25) is 5.91 Å². The number of anilines is 1. The van der Waals surface area contributed by atoms with Crippen LogP contribution in [-0.4, -0.2) is 124 Å². The van der Waals surface area contributed by atoms with Crippen molar-refractivity contribution in [2.24, 2.45) is 0 Å². The van der Waals surface area contributed by atoms with Crippen molar-refractivity contribution in [3.05, 3.63) is 52.6 Å². The predicted octanol–water partition coefficient (Wildman–Crippen LogP) is 5.22. The number of ether oxygens (including phenoxy) is 1. The minimum absolute atomic E-state index is 0.00492. The lowest BCUT2D eigenvalue weighted by molar-refractivity contribution is -0.138.